The van der Waals surface area contributed by atoms with Gasteiger partial charge in [-0.05, 0) is 143 Å². The smallest absolute Gasteiger partial charge is 0.164 e. The molecule has 27 aromatic rings. The van der Waals surface area contributed by atoms with Crippen molar-refractivity contribution in [3.05, 3.63) is 455 Å². The van der Waals surface area contributed by atoms with Gasteiger partial charge < -0.3 is 13.3 Å². The van der Waals surface area contributed by atoms with Gasteiger partial charge in [0.1, 0.15) is 33.5 Å². The monoisotopic (exact) mass is 1730 g/mol. The van der Waals surface area contributed by atoms with Crippen LogP contribution in [-0.4, -0.2) is 44.9 Å². The number of hydrogen-bond acceptors (Lipinski definition) is 12. The molecule has 0 aliphatic carbocycles. The first-order chi connectivity index (χ1) is 66.9. The average Bonchev–Trinajstić information content (AvgIpc) is 1.65. The Hall–Kier alpha value is -18.4. The van der Waals surface area contributed by atoms with Gasteiger partial charge >= 0.3 is 0 Å². The van der Waals surface area contributed by atoms with Crippen LogP contribution < -0.4 is 0 Å². The zero-order valence-corrected chi connectivity index (χ0v) is 72.6. The molecule has 0 aliphatic rings. The van der Waals surface area contributed by atoms with Gasteiger partial charge in [0.15, 0.2) is 52.4 Å². The first-order valence-electron chi connectivity index (χ1n) is 45.1. The minimum absolute atomic E-state index is 0.638. The number of hydrogen-bond donors (Lipinski definition) is 0. The fourth-order valence-electron chi connectivity index (χ4n) is 19.1. The highest BCUT2D eigenvalue weighted by Crippen LogP contribution is 2.46. The maximum Gasteiger partial charge on any atom is 0.164 e. The summed E-state index contributed by atoms with van der Waals surface area (Å²) >= 11 is 0. The minimum Gasteiger partial charge on any atom is -0.456 e. The number of para-hydroxylation sites is 3. The normalized spacial score (nSPS) is 11.6. The Morgan fingerprint density at radius 3 is 0.844 bits per heavy atom. The lowest BCUT2D eigenvalue weighted by Gasteiger charge is -2.13. The molecular formula is C123H75N9O3. The predicted molar refractivity (Wildman–Crippen MR) is 552 cm³/mol. The topological polar surface area (TPSA) is 155 Å². The second-order valence-corrected chi connectivity index (χ2v) is 33.7. The lowest BCUT2D eigenvalue weighted by Crippen LogP contribution is -2.01. The lowest BCUT2D eigenvalue weighted by atomic mass is 9.92. The summed E-state index contributed by atoms with van der Waals surface area (Å²) in [6.07, 6.45) is 0. The van der Waals surface area contributed by atoms with Gasteiger partial charge in [-0.2, -0.15) is 0 Å². The lowest BCUT2D eigenvalue weighted by molar-refractivity contribution is 0.669. The molecule has 0 spiro atoms. The predicted octanol–water partition coefficient (Wildman–Crippen LogP) is 32.2. The molecule has 0 N–H and O–H groups in total. The number of aromatic nitrogens is 9. The molecule has 0 amide bonds. The number of furan rings is 3. The average molecular weight is 1730 g/mol. The Balaban J connectivity index is 0.000000108. The third-order valence-corrected chi connectivity index (χ3v) is 25.5. The van der Waals surface area contributed by atoms with Crippen molar-refractivity contribution in [1.82, 2.24) is 44.9 Å². The zero-order valence-electron chi connectivity index (χ0n) is 72.6. The van der Waals surface area contributed by atoms with E-state index >= 15 is 0 Å². The van der Waals surface area contributed by atoms with E-state index in [1.807, 2.05) is 224 Å². The van der Waals surface area contributed by atoms with Gasteiger partial charge in [-0.15, -0.1) is 0 Å². The van der Waals surface area contributed by atoms with Crippen molar-refractivity contribution in [2.24, 2.45) is 0 Å². The Kier molecular flexibility index (Phi) is 19.6. The van der Waals surface area contributed by atoms with Crippen LogP contribution in [0.15, 0.2) is 468 Å². The van der Waals surface area contributed by atoms with E-state index in [2.05, 4.69) is 231 Å². The maximum atomic E-state index is 6.27. The second kappa shape index (κ2) is 33.6. The maximum absolute atomic E-state index is 6.27. The van der Waals surface area contributed by atoms with Crippen LogP contribution in [0.25, 0.3) is 266 Å². The highest BCUT2D eigenvalue weighted by atomic mass is 16.3. The summed E-state index contributed by atoms with van der Waals surface area (Å²) in [6, 6.07) is 157. The van der Waals surface area contributed by atoms with Crippen LogP contribution in [0.1, 0.15) is 0 Å². The molecule has 6 heterocycles. The fourth-order valence-corrected chi connectivity index (χ4v) is 19.1. The first-order valence-corrected chi connectivity index (χ1v) is 45.1. The highest BCUT2D eigenvalue weighted by molar-refractivity contribution is 6.30. The van der Waals surface area contributed by atoms with Crippen molar-refractivity contribution >= 4 is 130 Å². The van der Waals surface area contributed by atoms with Crippen LogP contribution in [-0.2, 0) is 0 Å². The summed E-state index contributed by atoms with van der Waals surface area (Å²) in [6.45, 7) is 0. The molecule has 12 heteroatoms. The van der Waals surface area contributed by atoms with E-state index in [0.29, 0.717) is 52.4 Å². The van der Waals surface area contributed by atoms with E-state index in [1.54, 1.807) is 0 Å². The molecule has 0 aliphatic heterocycles. The number of benzene rings is 21. The Bertz CT molecular complexity index is 9140. The minimum atomic E-state index is 0.638. The third-order valence-electron chi connectivity index (χ3n) is 25.5. The fraction of sp³-hybridized carbons (Fsp3) is 0. The van der Waals surface area contributed by atoms with Crippen LogP contribution in [0.4, 0.5) is 0 Å². The van der Waals surface area contributed by atoms with Gasteiger partial charge in [0, 0.05) is 98.5 Å². The van der Waals surface area contributed by atoms with E-state index in [4.69, 9.17) is 58.1 Å². The van der Waals surface area contributed by atoms with Crippen molar-refractivity contribution in [1.29, 1.82) is 0 Å². The molecule has 135 heavy (non-hydrogen) atoms. The molecule has 6 aromatic heterocycles. The van der Waals surface area contributed by atoms with Crippen molar-refractivity contribution < 1.29 is 13.3 Å². The van der Waals surface area contributed by atoms with Crippen LogP contribution in [0.5, 0.6) is 0 Å². The van der Waals surface area contributed by atoms with E-state index in [9.17, 15) is 0 Å². The molecule has 0 bridgehead atoms. The van der Waals surface area contributed by atoms with Crippen molar-refractivity contribution in [2.45, 2.75) is 0 Å². The van der Waals surface area contributed by atoms with Crippen molar-refractivity contribution in [3.8, 4) is 136 Å². The summed E-state index contributed by atoms with van der Waals surface area (Å²) in [5, 5.41) is 21.2. The van der Waals surface area contributed by atoms with E-state index in [1.165, 1.54) is 70.0 Å². The molecule has 27 rings (SSSR count). The molecule has 0 radical (unpaired) electrons. The molecular weight excluding hydrogens is 1650 g/mol. The summed E-state index contributed by atoms with van der Waals surface area (Å²) in [7, 11) is 0. The Labute approximate surface area is 774 Å². The van der Waals surface area contributed by atoms with Gasteiger partial charge in [-0.3, -0.25) is 0 Å². The number of rotatable bonds is 12. The number of fused-ring (bicyclic) bond motifs is 21. The zero-order chi connectivity index (χ0) is 89.2. The highest BCUT2D eigenvalue weighted by Gasteiger charge is 2.23. The SMILES string of the molecule is c1ccc(-c2nc(-c3ccccc3)nc(-c3cccc(-c4ccc5c(ccc6ccc7oc8ccccc8c7c65)c4)c3)n2)cc1.c1ccc(-c2nc(-c3ccccc3)nc(-c3cccc(-c4cccc5c4ccc4ccc6oc7ccccc7c6c45)c3)n2)cc1.c1ccc(-c2nc(-c3ccccc3)nc(-c3ccccc3-c3ccc4ccc5ccc6oc7ccccc7c6c5c4c3)n2)cc1. The van der Waals surface area contributed by atoms with Gasteiger partial charge in [-0.25, -0.2) is 44.9 Å². The first kappa shape index (κ1) is 78.8. The summed E-state index contributed by atoms with van der Waals surface area (Å²) in [4.78, 5) is 44.5. The standard InChI is InChI=1S/3C41H25N3O/c1-3-11-27(12-4-1)39-42-40(28-13-5-2-6-14-28)44-41(43-39)30-16-9-15-29(25-30)31-18-10-19-33-32(31)23-21-26-22-24-36-38(37(26)33)34-17-7-8-20-35(34)45-36;1-3-11-28(12-4-1)39-42-40(29-13-5-2-6-14-29)44-41(43-39)32-16-8-7-15-31(32)30-22-20-26-19-21-27-23-24-36-38(37(27)34(26)25-30)33-17-9-10-18-35(33)45-36;1-3-10-27(11-4-1)39-42-40(28-12-5-2-6-13-28)44-41(43-39)32-15-9-14-29(25-32)30-20-22-33-31(24-30)19-18-26-21-23-36-38(37(26)33)34-16-7-8-17-35(34)45-36/h3*1-25H. The van der Waals surface area contributed by atoms with Crippen molar-refractivity contribution in [3.63, 3.8) is 0 Å². The van der Waals surface area contributed by atoms with E-state index in [-0.39, 0.29) is 0 Å². The number of nitrogens with zero attached hydrogens (tertiary/aromatic N) is 9. The third kappa shape index (κ3) is 14.6. The van der Waals surface area contributed by atoms with Gasteiger partial charge in [-0.1, -0.05) is 394 Å². The molecule has 630 valence electrons. The van der Waals surface area contributed by atoms with Crippen molar-refractivity contribution in [2.75, 3.05) is 0 Å². The molecule has 0 unspecified atom stereocenters. The van der Waals surface area contributed by atoms with Gasteiger partial charge in [0.25, 0.3) is 0 Å². The van der Waals surface area contributed by atoms with Gasteiger partial charge in [0.05, 0.1) is 0 Å². The Morgan fingerprint density at radius 1 is 0.119 bits per heavy atom. The van der Waals surface area contributed by atoms with Gasteiger partial charge in [0.2, 0.25) is 0 Å². The quantitative estimate of drug-likeness (QED) is 0.107. The van der Waals surface area contributed by atoms with Crippen LogP contribution in [0, 0.1) is 0 Å². The van der Waals surface area contributed by atoms with Crippen LogP contribution in [0.2, 0.25) is 0 Å². The molecule has 0 saturated heterocycles. The Morgan fingerprint density at radius 2 is 0.393 bits per heavy atom. The molecule has 12 nitrogen and oxygen atoms in total. The molecule has 0 fully saturated rings. The van der Waals surface area contributed by atoms with Crippen LogP contribution >= 0.6 is 0 Å². The molecule has 21 aromatic carbocycles. The molecule has 0 saturated carbocycles. The summed E-state index contributed by atoms with van der Waals surface area (Å²) in [5.74, 6) is 5.82. The van der Waals surface area contributed by atoms with E-state index in [0.717, 1.165) is 144 Å². The summed E-state index contributed by atoms with van der Waals surface area (Å²) < 4.78 is 18.7. The largest absolute Gasteiger partial charge is 0.456 e. The van der Waals surface area contributed by atoms with Crippen LogP contribution in [0.3, 0.4) is 0 Å². The molecule has 0 atom stereocenters. The summed E-state index contributed by atoms with van der Waals surface area (Å²) in [5.41, 5.74) is 20.6. The van der Waals surface area contributed by atoms with E-state index < -0.39 is 0 Å². The second-order valence-electron chi connectivity index (χ2n) is 33.7.